The van der Waals surface area contributed by atoms with Crippen molar-refractivity contribution in [1.29, 1.82) is 0 Å². The number of nitrogens with one attached hydrogen (secondary N) is 2. The SMILES string of the molecule is NNc1ccc(S(=O)(=O)NCCc2ccc(F)cc2)cc1. The van der Waals surface area contributed by atoms with Crippen molar-refractivity contribution in [2.24, 2.45) is 5.84 Å². The van der Waals surface area contributed by atoms with E-state index in [1.165, 1.54) is 24.3 Å². The first-order chi connectivity index (χ1) is 10.0. The van der Waals surface area contributed by atoms with Crippen molar-refractivity contribution in [3.05, 3.63) is 59.9 Å². The largest absolute Gasteiger partial charge is 0.324 e. The van der Waals surface area contributed by atoms with Gasteiger partial charge in [0.25, 0.3) is 0 Å². The molecule has 0 bridgehead atoms. The molecule has 7 heteroatoms. The van der Waals surface area contributed by atoms with E-state index >= 15 is 0 Å². The highest BCUT2D eigenvalue weighted by Gasteiger charge is 2.12. The van der Waals surface area contributed by atoms with Gasteiger partial charge in [-0.15, -0.1) is 0 Å². The summed E-state index contributed by atoms with van der Waals surface area (Å²) >= 11 is 0. The standard InChI is InChI=1S/C14H16FN3O2S/c15-12-3-1-11(2-4-12)9-10-17-21(19,20)14-7-5-13(18-16)6-8-14/h1-8,17-18H,9-10,16H2. The van der Waals surface area contributed by atoms with Crippen molar-refractivity contribution < 1.29 is 12.8 Å². The molecule has 0 aromatic heterocycles. The number of sulfonamides is 1. The molecule has 112 valence electrons. The number of hydrazine groups is 1. The number of anilines is 1. The number of hydrogen-bond acceptors (Lipinski definition) is 4. The fourth-order valence-corrected chi connectivity index (χ4v) is 2.83. The molecule has 0 aliphatic heterocycles. The normalized spacial score (nSPS) is 11.3. The van der Waals surface area contributed by atoms with Crippen LogP contribution in [0.15, 0.2) is 53.4 Å². The maximum atomic E-state index is 12.8. The Labute approximate surface area is 123 Å². The lowest BCUT2D eigenvalue weighted by Crippen LogP contribution is -2.26. The molecule has 0 amide bonds. The topological polar surface area (TPSA) is 84.2 Å². The summed E-state index contributed by atoms with van der Waals surface area (Å²) in [5.74, 6) is 4.91. The molecule has 0 atom stereocenters. The molecular formula is C14H16FN3O2S. The first-order valence-corrected chi connectivity index (χ1v) is 7.80. The van der Waals surface area contributed by atoms with E-state index in [0.717, 1.165) is 5.56 Å². The predicted octanol–water partition coefficient (Wildman–Crippen LogP) is 1.63. The van der Waals surface area contributed by atoms with Crippen molar-refractivity contribution in [2.75, 3.05) is 12.0 Å². The Morgan fingerprint density at radius 1 is 1.00 bits per heavy atom. The number of nitrogen functional groups attached to an aromatic ring is 1. The van der Waals surface area contributed by atoms with Crippen LogP contribution in [0.4, 0.5) is 10.1 Å². The fourth-order valence-electron chi connectivity index (χ4n) is 1.79. The number of benzene rings is 2. The maximum Gasteiger partial charge on any atom is 0.240 e. The minimum atomic E-state index is -3.56. The Morgan fingerprint density at radius 3 is 2.19 bits per heavy atom. The number of rotatable bonds is 6. The van der Waals surface area contributed by atoms with Crippen LogP contribution in [0.3, 0.4) is 0 Å². The van der Waals surface area contributed by atoms with Gasteiger partial charge in [0, 0.05) is 12.2 Å². The molecule has 5 nitrogen and oxygen atoms in total. The lowest BCUT2D eigenvalue weighted by atomic mass is 10.1. The fraction of sp³-hybridized carbons (Fsp3) is 0.143. The van der Waals surface area contributed by atoms with E-state index in [1.54, 1.807) is 24.3 Å². The molecule has 0 aliphatic rings. The number of hydrogen-bond donors (Lipinski definition) is 3. The van der Waals surface area contributed by atoms with Crippen LogP contribution in [0.2, 0.25) is 0 Å². The Hall–Kier alpha value is -1.96. The highest BCUT2D eigenvalue weighted by molar-refractivity contribution is 7.89. The molecule has 0 heterocycles. The lowest BCUT2D eigenvalue weighted by Gasteiger charge is -2.08. The molecule has 0 unspecified atom stereocenters. The quantitative estimate of drug-likeness (QED) is 0.559. The molecule has 4 N–H and O–H groups in total. The van der Waals surface area contributed by atoms with E-state index in [0.29, 0.717) is 12.1 Å². The minimum Gasteiger partial charge on any atom is -0.324 e. The van der Waals surface area contributed by atoms with E-state index in [-0.39, 0.29) is 17.3 Å². The molecule has 2 rings (SSSR count). The van der Waals surface area contributed by atoms with Crippen molar-refractivity contribution in [3.63, 3.8) is 0 Å². The summed E-state index contributed by atoms with van der Waals surface area (Å²) in [6.45, 7) is 0.241. The van der Waals surface area contributed by atoms with Gasteiger partial charge in [0.05, 0.1) is 4.90 Å². The second-order valence-corrected chi connectivity index (χ2v) is 6.21. The minimum absolute atomic E-state index is 0.167. The summed E-state index contributed by atoms with van der Waals surface area (Å²) in [5, 5.41) is 0. The van der Waals surface area contributed by atoms with Gasteiger partial charge in [0.1, 0.15) is 5.82 Å². The highest BCUT2D eigenvalue weighted by Crippen LogP contribution is 2.13. The third kappa shape index (κ3) is 4.25. The Balaban J connectivity index is 1.95. The smallest absolute Gasteiger partial charge is 0.240 e. The first-order valence-electron chi connectivity index (χ1n) is 6.32. The molecule has 0 saturated heterocycles. The van der Waals surface area contributed by atoms with Crippen LogP contribution in [0.5, 0.6) is 0 Å². The van der Waals surface area contributed by atoms with Gasteiger partial charge in [-0.2, -0.15) is 0 Å². The Kier molecular flexibility index (Phi) is 4.89. The van der Waals surface area contributed by atoms with E-state index in [1.807, 2.05) is 0 Å². The molecule has 0 spiro atoms. The van der Waals surface area contributed by atoms with Gasteiger partial charge in [0.2, 0.25) is 10.0 Å². The van der Waals surface area contributed by atoms with Gasteiger partial charge < -0.3 is 5.43 Å². The Bertz CT molecular complexity index is 685. The van der Waals surface area contributed by atoms with Crippen LogP contribution in [0.25, 0.3) is 0 Å². The van der Waals surface area contributed by atoms with E-state index in [9.17, 15) is 12.8 Å². The Morgan fingerprint density at radius 2 is 1.62 bits per heavy atom. The number of nitrogens with two attached hydrogens (primary N) is 1. The molecule has 2 aromatic carbocycles. The van der Waals surface area contributed by atoms with Crippen LogP contribution >= 0.6 is 0 Å². The second-order valence-electron chi connectivity index (χ2n) is 4.44. The summed E-state index contributed by atoms with van der Waals surface area (Å²) in [6.07, 6.45) is 0.488. The van der Waals surface area contributed by atoms with Crippen LogP contribution in [0.1, 0.15) is 5.56 Å². The van der Waals surface area contributed by atoms with Crippen LogP contribution in [0, 0.1) is 5.82 Å². The molecule has 0 fully saturated rings. The first kappa shape index (κ1) is 15.4. The predicted molar refractivity (Wildman–Crippen MR) is 79.5 cm³/mol. The van der Waals surface area contributed by atoms with Gasteiger partial charge in [-0.1, -0.05) is 12.1 Å². The van der Waals surface area contributed by atoms with Crippen molar-refractivity contribution in [2.45, 2.75) is 11.3 Å². The average Bonchev–Trinajstić information content (AvgIpc) is 2.49. The monoisotopic (exact) mass is 309 g/mol. The third-order valence-electron chi connectivity index (χ3n) is 2.95. The van der Waals surface area contributed by atoms with E-state index < -0.39 is 10.0 Å². The van der Waals surface area contributed by atoms with Gasteiger partial charge in [-0.25, -0.2) is 17.5 Å². The summed E-state index contributed by atoms with van der Waals surface area (Å²) in [7, 11) is -3.56. The summed E-state index contributed by atoms with van der Waals surface area (Å²) < 4.78 is 39.4. The summed E-state index contributed by atoms with van der Waals surface area (Å²) in [5.41, 5.74) is 3.92. The van der Waals surface area contributed by atoms with Crippen molar-refractivity contribution >= 4 is 15.7 Å². The molecule has 21 heavy (non-hydrogen) atoms. The molecule has 0 aliphatic carbocycles. The lowest BCUT2D eigenvalue weighted by molar-refractivity contribution is 0.581. The van der Waals surface area contributed by atoms with Crippen LogP contribution < -0.4 is 16.0 Å². The molecular weight excluding hydrogens is 293 g/mol. The summed E-state index contributed by atoms with van der Waals surface area (Å²) in [6, 6.07) is 12.1. The van der Waals surface area contributed by atoms with Gasteiger partial charge >= 0.3 is 0 Å². The van der Waals surface area contributed by atoms with Gasteiger partial charge in [-0.3, -0.25) is 5.84 Å². The van der Waals surface area contributed by atoms with Crippen LogP contribution in [-0.2, 0) is 16.4 Å². The number of halogens is 1. The highest BCUT2D eigenvalue weighted by atomic mass is 32.2. The summed E-state index contributed by atoms with van der Waals surface area (Å²) in [4.78, 5) is 0.167. The molecule has 0 saturated carbocycles. The van der Waals surface area contributed by atoms with Crippen molar-refractivity contribution in [1.82, 2.24) is 4.72 Å². The van der Waals surface area contributed by atoms with E-state index in [2.05, 4.69) is 10.1 Å². The zero-order chi connectivity index (χ0) is 15.3. The third-order valence-corrected chi connectivity index (χ3v) is 4.43. The van der Waals surface area contributed by atoms with Gasteiger partial charge in [-0.05, 0) is 48.4 Å². The average molecular weight is 309 g/mol. The zero-order valence-corrected chi connectivity index (χ0v) is 12.0. The maximum absolute atomic E-state index is 12.8. The van der Waals surface area contributed by atoms with E-state index in [4.69, 9.17) is 5.84 Å². The van der Waals surface area contributed by atoms with Crippen molar-refractivity contribution in [3.8, 4) is 0 Å². The zero-order valence-electron chi connectivity index (χ0n) is 11.2. The molecule has 2 aromatic rings. The van der Waals surface area contributed by atoms with Crippen LogP contribution in [-0.4, -0.2) is 15.0 Å². The van der Waals surface area contributed by atoms with Gasteiger partial charge in [0.15, 0.2) is 0 Å². The second kappa shape index (κ2) is 6.66. The molecule has 0 radical (unpaired) electrons.